The number of rotatable bonds is 6. The second kappa shape index (κ2) is 8.57. The van der Waals surface area contributed by atoms with Crippen molar-refractivity contribution in [2.24, 2.45) is 0 Å². The number of hydrogen-bond donors (Lipinski definition) is 1. The van der Waals surface area contributed by atoms with Crippen molar-refractivity contribution >= 4 is 21.6 Å². The van der Waals surface area contributed by atoms with Crippen molar-refractivity contribution in [2.45, 2.75) is 60.5 Å². The lowest BCUT2D eigenvalue weighted by Crippen LogP contribution is -2.48. The van der Waals surface area contributed by atoms with Crippen molar-refractivity contribution in [3.8, 4) is 0 Å². The van der Waals surface area contributed by atoms with Crippen molar-refractivity contribution in [1.82, 2.24) is 5.32 Å². The first-order valence-corrected chi connectivity index (χ1v) is 11.6. The van der Waals surface area contributed by atoms with Crippen LogP contribution in [0.1, 0.15) is 53.3 Å². The fraction of sp³-hybridized carbons (Fsp3) is 0.435. The maximum absolute atomic E-state index is 13.0. The fourth-order valence-electron chi connectivity index (χ4n) is 3.75. The molecule has 0 saturated heterocycles. The van der Waals surface area contributed by atoms with Crippen LogP contribution in [0.3, 0.4) is 0 Å². The van der Waals surface area contributed by atoms with Crippen LogP contribution in [0.25, 0.3) is 0 Å². The Balaban J connectivity index is 2.33. The van der Waals surface area contributed by atoms with Crippen LogP contribution < -0.4 is 9.62 Å². The van der Waals surface area contributed by atoms with Crippen LogP contribution in [0.2, 0.25) is 0 Å². The Bertz CT molecular complexity index is 1010. The molecule has 0 bridgehead atoms. The standard InChI is InChI=1S/C23H32N2O3S/c1-14-9-15(2)11-21(10-14)25(29(8,27)28)20(7)23(26)24-19(6)22-13-17(4)16(3)12-18(22)5/h9-13,19-20H,1-8H3,(H,24,26). The van der Waals surface area contributed by atoms with Crippen LogP contribution in [-0.2, 0) is 14.8 Å². The van der Waals surface area contributed by atoms with Crippen molar-refractivity contribution in [2.75, 3.05) is 10.6 Å². The van der Waals surface area contributed by atoms with Gasteiger partial charge in [-0.25, -0.2) is 8.42 Å². The molecule has 0 aliphatic heterocycles. The smallest absolute Gasteiger partial charge is 0.244 e. The third-order valence-electron chi connectivity index (χ3n) is 5.26. The van der Waals surface area contributed by atoms with Crippen LogP contribution in [0.5, 0.6) is 0 Å². The monoisotopic (exact) mass is 416 g/mol. The second-order valence-electron chi connectivity index (χ2n) is 8.10. The van der Waals surface area contributed by atoms with E-state index in [1.807, 2.05) is 40.7 Å². The maximum Gasteiger partial charge on any atom is 0.244 e. The van der Waals surface area contributed by atoms with Gasteiger partial charge in [0.2, 0.25) is 15.9 Å². The van der Waals surface area contributed by atoms with Crippen molar-refractivity contribution in [1.29, 1.82) is 0 Å². The van der Waals surface area contributed by atoms with Gasteiger partial charge in [0.1, 0.15) is 6.04 Å². The van der Waals surface area contributed by atoms with E-state index in [-0.39, 0.29) is 11.9 Å². The zero-order chi connectivity index (χ0) is 22.1. The second-order valence-corrected chi connectivity index (χ2v) is 9.96. The number of sulfonamides is 1. The Morgan fingerprint density at radius 3 is 1.90 bits per heavy atom. The molecular formula is C23H32N2O3S. The third-order valence-corrected chi connectivity index (χ3v) is 6.50. The lowest BCUT2D eigenvalue weighted by molar-refractivity contribution is -0.122. The molecule has 0 aliphatic carbocycles. The Kier molecular flexibility index (Phi) is 6.78. The van der Waals surface area contributed by atoms with Gasteiger partial charge in [0.25, 0.3) is 0 Å². The molecule has 0 spiro atoms. The lowest BCUT2D eigenvalue weighted by atomic mass is 9.96. The molecule has 29 heavy (non-hydrogen) atoms. The number of carbonyl (C=O) groups is 1. The summed E-state index contributed by atoms with van der Waals surface area (Å²) >= 11 is 0. The van der Waals surface area contributed by atoms with E-state index < -0.39 is 16.1 Å². The van der Waals surface area contributed by atoms with Gasteiger partial charge in [-0.05, 0) is 94.0 Å². The van der Waals surface area contributed by atoms with Crippen LogP contribution in [0, 0.1) is 34.6 Å². The number of nitrogens with zero attached hydrogens (tertiary/aromatic N) is 1. The van der Waals surface area contributed by atoms with E-state index in [1.165, 1.54) is 9.87 Å². The number of nitrogens with one attached hydrogen (secondary N) is 1. The van der Waals surface area contributed by atoms with Gasteiger partial charge in [-0.1, -0.05) is 18.2 Å². The molecule has 2 rings (SSSR count). The summed E-state index contributed by atoms with van der Waals surface area (Å²) in [4.78, 5) is 13.0. The summed E-state index contributed by atoms with van der Waals surface area (Å²) in [5, 5.41) is 2.99. The van der Waals surface area contributed by atoms with E-state index in [1.54, 1.807) is 19.1 Å². The molecule has 6 heteroatoms. The first-order chi connectivity index (χ1) is 13.3. The van der Waals surface area contributed by atoms with E-state index in [0.29, 0.717) is 5.69 Å². The summed E-state index contributed by atoms with van der Waals surface area (Å²) in [6.07, 6.45) is 1.13. The molecule has 0 fully saturated rings. The average molecular weight is 417 g/mol. The van der Waals surface area contributed by atoms with E-state index in [4.69, 9.17) is 0 Å². The van der Waals surface area contributed by atoms with E-state index in [9.17, 15) is 13.2 Å². The molecule has 5 nitrogen and oxygen atoms in total. The number of benzene rings is 2. The molecule has 0 heterocycles. The normalized spacial score (nSPS) is 13.7. The summed E-state index contributed by atoms with van der Waals surface area (Å²) in [6.45, 7) is 13.5. The van der Waals surface area contributed by atoms with Crippen molar-refractivity contribution in [3.05, 3.63) is 63.7 Å². The van der Waals surface area contributed by atoms with Gasteiger partial charge < -0.3 is 5.32 Å². The van der Waals surface area contributed by atoms with Gasteiger partial charge >= 0.3 is 0 Å². The molecule has 1 N–H and O–H groups in total. The zero-order valence-corrected chi connectivity index (χ0v) is 19.4. The van der Waals surface area contributed by atoms with Crippen LogP contribution in [0.15, 0.2) is 30.3 Å². The van der Waals surface area contributed by atoms with Crippen molar-refractivity contribution < 1.29 is 13.2 Å². The minimum absolute atomic E-state index is 0.232. The van der Waals surface area contributed by atoms with E-state index in [2.05, 4.69) is 24.4 Å². The zero-order valence-electron chi connectivity index (χ0n) is 18.6. The molecular weight excluding hydrogens is 384 g/mol. The predicted molar refractivity (Wildman–Crippen MR) is 120 cm³/mol. The van der Waals surface area contributed by atoms with E-state index >= 15 is 0 Å². The van der Waals surface area contributed by atoms with Gasteiger partial charge in [-0.3, -0.25) is 9.10 Å². The highest BCUT2D eigenvalue weighted by Gasteiger charge is 2.30. The highest BCUT2D eigenvalue weighted by Crippen LogP contribution is 2.25. The molecule has 2 unspecified atom stereocenters. The molecule has 2 atom stereocenters. The minimum Gasteiger partial charge on any atom is -0.348 e. The Morgan fingerprint density at radius 1 is 0.862 bits per heavy atom. The maximum atomic E-state index is 13.0. The number of anilines is 1. The number of aryl methyl sites for hydroxylation is 5. The summed E-state index contributed by atoms with van der Waals surface area (Å²) in [6, 6.07) is 8.63. The van der Waals surface area contributed by atoms with Gasteiger partial charge in [-0.15, -0.1) is 0 Å². The quantitative estimate of drug-likeness (QED) is 0.765. The van der Waals surface area contributed by atoms with Crippen LogP contribution in [-0.4, -0.2) is 26.6 Å². The first-order valence-electron chi connectivity index (χ1n) is 9.77. The SMILES string of the molecule is Cc1cc(C)cc(N(C(C)C(=O)NC(C)c2cc(C)c(C)cc2C)S(C)(=O)=O)c1. The number of hydrogen-bond acceptors (Lipinski definition) is 3. The van der Waals surface area contributed by atoms with Gasteiger partial charge in [0.15, 0.2) is 0 Å². The summed E-state index contributed by atoms with van der Waals surface area (Å²) < 4.78 is 26.3. The average Bonchev–Trinajstić information content (AvgIpc) is 2.55. The fourth-order valence-corrected chi connectivity index (χ4v) is 4.91. The molecule has 0 radical (unpaired) electrons. The first kappa shape index (κ1) is 22.9. The molecule has 0 aromatic heterocycles. The highest BCUT2D eigenvalue weighted by molar-refractivity contribution is 7.92. The highest BCUT2D eigenvalue weighted by atomic mass is 32.2. The van der Waals surface area contributed by atoms with Crippen LogP contribution >= 0.6 is 0 Å². The van der Waals surface area contributed by atoms with E-state index in [0.717, 1.165) is 34.1 Å². The molecule has 2 aromatic carbocycles. The molecule has 2 aromatic rings. The predicted octanol–water partition coefficient (Wildman–Crippen LogP) is 4.26. The Morgan fingerprint density at radius 2 is 1.38 bits per heavy atom. The summed E-state index contributed by atoms with van der Waals surface area (Å²) in [5.41, 5.74) is 6.89. The molecule has 0 saturated carbocycles. The minimum atomic E-state index is -3.64. The van der Waals surface area contributed by atoms with Crippen LogP contribution in [0.4, 0.5) is 5.69 Å². The largest absolute Gasteiger partial charge is 0.348 e. The summed E-state index contributed by atoms with van der Waals surface area (Å²) in [5.74, 6) is -0.334. The van der Waals surface area contributed by atoms with Gasteiger partial charge in [-0.2, -0.15) is 0 Å². The molecule has 158 valence electrons. The number of carbonyl (C=O) groups excluding carboxylic acids is 1. The number of amides is 1. The molecule has 1 amide bonds. The van der Waals surface area contributed by atoms with Crippen molar-refractivity contribution in [3.63, 3.8) is 0 Å². The summed E-state index contributed by atoms with van der Waals surface area (Å²) in [7, 11) is -3.64. The lowest BCUT2D eigenvalue weighted by Gasteiger charge is -2.30. The Labute approximate surface area is 175 Å². The third kappa shape index (κ3) is 5.38. The van der Waals surface area contributed by atoms with Gasteiger partial charge in [0.05, 0.1) is 18.0 Å². The Hall–Kier alpha value is -2.34. The topological polar surface area (TPSA) is 66.5 Å². The molecule has 0 aliphatic rings. The van der Waals surface area contributed by atoms with Gasteiger partial charge in [0, 0.05) is 0 Å².